The Morgan fingerprint density at radius 1 is 1.21 bits per heavy atom. The van der Waals surface area contributed by atoms with Crippen LogP contribution in [0.2, 0.25) is 5.02 Å². The summed E-state index contributed by atoms with van der Waals surface area (Å²) in [4.78, 5) is 19.5. The molecule has 3 nitrogen and oxygen atoms in total. The maximum absolute atomic E-state index is 13.0. The smallest absolute Gasteiger partial charge is 0.277 e. The first kappa shape index (κ1) is 15.9. The van der Waals surface area contributed by atoms with Crippen molar-refractivity contribution in [2.24, 2.45) is 5.92 Å². The van der Waals surface area contributed by atoms with Gasteiger partial charge < -0.3 is 4.90 Å². The molecule has 2 heterocycles. The highest BCUT2D eigenvalue weighted by atomic mass is 35.5. The van der Waals surface area contributed by atoms with Gasteiger partial charge in [-0.2, -0.15) is 0 Å². The number of fused-ring (bicyclic) bond motifs is 1. The summed E-state index contributed by atoms with van der Waals surface area (Å²) in [6, 6.07) is 7.58. The lowest BCUT2D eigenvalue weighted by Crippen LogP contribution is -2.39. The number of aromatic nitrogens is 1. The van der Waals surface area contributed by atoms with Crippen molar-refractivity contribution in [1.29, 1.82) is 0 Å². The third-order valence-corrected chi connectivity index (χ3v) is 5.98. The Morgan fingerprint density at radius 3 is 2.83 bits per heavy atom. The van der Waals surface area contributed by atoms with E-state index >= 15 is 0 Å². The van der Waals surface area contributed by atoms with E-state index in [0.29, 0.717) is 16.6 Å². The van der Waals surface area contributed by atoms with Gasteiger partial charge in [0.2, 0.25) is 0 Å². The molecule has 1 aromatic heterocycles. The van der Waals surface area contributed by atoms with Crippen LogP contribution in [-0.2, 0) is 0 Å². The van der Waals surface area contributed by atoms with Crippen molar-refractivity contribution in [2.45, 2.75) is 32.1 Å². The van der Waals surface area contributed by atoms with E-state index in [0.717, 1.165) is 30.0 Å². The van der Waals surface area contributed by atoms with Crippen molar-refractivity contribution >= 4 is 28.8 Å². The van der Waals surface area contributed by atoms with Crippen LogP contribution >= 0.6 is 22.9 Å². The van der Waals surface area contributed by atoms with Crippen LogP contribution in [0.1, 0.15) is 42.6 Å². The maximum Gasteiger partial charge on any atom is 0.277 e. The van der Waals surface area contributed by atoms with Gasteiger partial charge in [0.15, 0.2) is 0 Å². The van der Waals surface area contributed by atoms with Crippen LogP contribution < -0.4 is 0 Å². The van der Waals surface area contributed by atoms with E-state index in [1.54, 1.807) is 0 Å². The Hall–Kier alpha value is -1.65. The molecule has 1 saturated heterocycles. The summed E-state index contributed by atoms with van der Waals surface area (Å²) >= 11 is 7.45. The van der Waals surface area contributed by atoms with E-state index in [4.69, 9.17) is 11.6 Å². The number of carbonyl (C=O) groups excluding carboxylic acids is 1. The highest BCUT2D eigenvalue weighted by Crippen LogP contribution is 2.36. The van der Waals surface area contributed by atoms with Crippen molar-refractivity contribution in [2.75, 3.05) is 6.54 Å². The molecule has 2 aromatic rings. The quantitative estimate of drug-likeness (QED) is 0.721. The van der Waals surface area contributed by atoms with Crippen LogP contribution in [0.4, 0.5) is 0 Å². The lowest BCUT2D eigenvalue weighted by Gasteiger charge is -2.37. The van der Waals surface area contributed by atoms with Crippen LogP contribution in [0.15, 0.2) is 41.4 Å². The molecule has 1 aliphatic carbocycles. The number of likely N-dealkylation sites (tertiary alicyclic amines) is 1. The largest absolute Gasteiger partial charge is 0.311 e. The molecule has 4 rings (SSSR count). The zero-order valence-electron chi connectivity index (χ0n) is 13.4. The average molecular weight is 359 g/mol. The summed E-state index contributed by atoms with van der Waals surface area (Å²) in [5.74, 6) is 0.607. The standard InChI is InChI=1S/C19H19ClN2OS/c20-15-9-7-14(8-10-15)18-21-16(12-24-18)19(23)22-11-3-5-13-4-1-2-6-17(13)22/h6-10,12-13H,1-5,11H2. The normalized spacial score (nSPS) is 20.5. The Labute approximate surface area is 151 Å². The number of amides is 1. The molecule has 0 saturated carbocycles. The first-order valence-corrected chi connectivity index (χ1v) is 9.71. The number of nitrogens with zero attached hydrogens (tertiary/aromatic N) is 2. The Kier molecular flexibility index (Phi) is 4.42. The van der Waals surface area contributed by atoms with Crippen LogP contribution in [-0.4, -0.2) is 22.3 Å². The number of hydrogen-bond acceptors (Lipinski definition) is 3. The van der Waals surface area contributed by atoms with Crippen LogP contribution in [0.25, 0.3) is 10.6 Å². The van der Waals surface area contributed by atoms with Gasteiger partial charge >= 0.3 is 0 Å². The van der Waals surface area contributed by atoms with Crippen molar-refractivity contribution in [3.8, 4) is 10.6 Å². The molecule has 24 heavy (non-hydrogen) atoms. The van der Waals surface area contributed by atoms with Crippen molar-refractivity contribution in [3.63, 3.8) is 0 Å². The predicted octanol–water partition coefficient (Wildman–Crippen LogP) is 5.38. The third-order valence-electron chi connectivity index (χ3n) is 4.83. The Bertz CT molecular complexity index is 781. The van der Waals surface area contributed by atoms with Gasteiger partial charge in [0.05, 0.1) is 0 Å². The molecule has 0 bridgehead atoms. The molecule has 0 N–H and O–H groups in total. The number of piperidine rings is 1. The number of benzene rings is 1. The minimum absolute atomic E-state index is 0.0457. The summed E-state index contributed by atoms with van der Waals surface area (Å²) in [7, 11) is 0. The average Bonchev–Trinajstić information content (AvgIpc) is 3.11. The molecule has 1 fully saturated rings. The highest BCUT2D eigenvalue weighted by molar-refractivity contribution is 7.13. The second kappa shape index (κ2) is 6.69. The first-order valence-electron chi connectivity index (χ1n) is 8.46. The number of halogens is 1. The predicted molar refractivity (Wildman–Crippen MR) is 98.3 cm³/mol. The molecule has 0 radical (unpaired) electrons. The van der Waals surface area contributed by atoms with E-state index in [1.165, 1.54) is 36.3 Å². The van der Waals surface area contributed by atoms with Gasteiger partial charge in [0.25, 0.3) is 5.91 Å². The topological polar surface area (TPSA) is 33.2 Å². The van der Waals surface area contributed by atoms with E-state index in [1.807, 2.05) is 34.5 Å². The van der Waals surface area contributed by atoms with Crippen molar-refractivity contribution in [3.05, 3.63) is 52.1 Å². The molecule has 1 amide bonds. The highest BCUT2D eigenvalue weighted by Gasteiger charge is 2.31. The minimum Gasteiger partial charge on any atom is -0.311 e. The summed E-state index contributed by atoms with van der Waals surface area (Å²) in [5, 5.41) is 3.44. The molecule has 1 unspecified atom stereocenters. The summed E-state index contributed by atoms with van der Waals surface area (Å²) in [5.41, 5.74) is 2.78. The fraction of sp³-hybridized carbons (Fsp3) is 0.368. The molecule has 5 heteroatoms. The van der Waals surface area contributed by atoms with Crippen LogP contribution in [0, 0.1) is 5.92 Å². The SMILES string of the molecule is O=C(c1csc(-c2ccc(Cl)cc2)n1)N1CCCC2CCCC=C21. The molecule has 124 valence electrons. The third kappa shape index (κ3) is 3.01. The molecule has 1 aromatic carbocycles. The number of thiazole rings is 1. The van der Waals surface area contributed by atoms with E-state index in [9.17, 15) is 4.79 Å². The van der Waals surface area contributed by atoms with E-state index in [-0.39, 0.29) is 5.91 Å². The summed E-state index contributed by atoms with van der Waals surface area (Å²) in [6.45, 7) is 0.814. The number of rotatable bonds is 2. The fourth-order valence-electron chi connectivity index (χ4n) is 3.63. The van der Waals surface area contributed by atoms with Gasteiger partial charge in [-0.25, -0.2) is 4.98 Å². The van der Waals surface area contributed by atoms with Crippen LogP contribution in [0.5, 0.6) is 0 Å². The second-order valence-corrected chi connectivity index (χ2v) is 7.70. The number of hydrogen-bond donors (Lipinski definition) is 0. The van der Waals surface area contributed by atoms with Gasteiger partial charge in [0, 0.05) is 28.2 Å². The summed E-state index contributed by atoms with van der Waals surface area (Å²) in [6.07, 6.45) is 8.10. The molecular formula is C19H19ClN2OS. The van der Waals surface area contributed by atoms with Crippen molar-refractivity contribution in [1.82, 2.24) is 9.88 Å². The number of allylic oxidation sites excluding steroid dienone is 2. The molecule has 0 spiro atoms. The summed E-state index contributed by atoms with van der Waals surface area (Å²) < 4.78 is 0. The minimum atomic E-state index is 0.0457. The van der Waals surface area contributed by atoms with Gasteiger partial charge in [-0.05, 0) is 50.2 Å². The molecule has 1 atom stereocenters. The van der Waals surface area contributed by atoms with Gasteiger partial charge in [-0.15, -0.1) is 11.3 Å². The number of carbonyl (C=O) groups is 1. The molecular weight excluding hydrogens is 340 g/mol. The van der Waals surface area contributed by atoms with Gasteiger partial charge in [-0.1, -0.05) is 29.8 Å². The van der Waals surface area contributed by atoms with E-state index in [2.05, 4.69) is 11.1 Å². The monoisotopic (exact) mass is 358 g/mol. The lowest BCUT2D eigenvalue weighted by atomic mass is 9.85. The zero-order chi connectivity index (χ0) is 16.5. The van der Waals surface area contributed by atoms with Crippen LogP contribution in [0.3, 0.4) is 0 Å². The fourth-order valence-corrected chi connectivity index (χ4v) is 4.56. The van der Waals surface area contributed by atoms with Crippen molar-refractivity contribution < 1.29 is 4.79 Å². The second-order valence-electron chi connectivity index (χ2n) is 6.40. The molecule has 2 aliphatic rings. The van der Waals surface area contributed by atoms with Gasteiger partial charge in [0.1, 0.15) is 10.7 Å². The zero-order valence-corrected chi connectivity index (χ0v) is 14.9. The maximum atomic E-state index is 13.0. The Balaban J connectivity index is 1.58. The molecule has 1 aliphatic heterocycles. The van der Waals surface area contributed by atoms with Gasteiger partial charge in [-0.3, -0.25) is 4.79 Å². The van der Waals surface area contributed by atoms with E-state index < -0.39 is 0 Å². The lowest BCUT2D eigenvalue weighted by molar-refractivity contribution is 0.0744. The Morgan fingerprint density at radius 2 is 2.00 bits per heavy atom. The first-order chi connectivity index (χ1) is 11.7.